The molecule has 0 spiro atoms. The minimum absolute atomic E-state index is 0.264. The lowest BCUT2D eigenvalue weighted by molar-refractivity contribution is 0.491. The molecule has 0 aliphatic rings. The monoisotopic (exact) mass is 440 g/mol. The van der Waals surface area contributed by atoms with E-state index in [4.69, 9.17) is 11.6 Å². The van der Waals surface area contributed by atoms with Crippen LogP contribution in [0.15, 0.2) is 64.4 Å². The summed E-state index contributed by atoms with van der Waals surface area (Å²) >= 11 is 6.16. The maximum Gasteiger partial charge on any atom is 0.337 e. The van der Waals surface area contributed by atoms with Gasteiger partial charge in [0.25, 0.3) is 5.56 Å². The summed E-state index contributed by atoms with van der Waals surface area (Å²) in [6.07, 6.45) is 2.21. The van der Waals surface area contributed by atoms with Gasteiger partial charge in [0.1, 0.15) is 5.82 Å². The van der Waals surface area contributed by atoms with Gasteiger partial charge < -0.3 is 4.57 Å². The third-order valence-corrected chi connectivity index (χ3v) is 5.40. The standard InChI is InChI=1S/C23H22ClFN4O2/c1-15(2)10-11-28-22(30)20-21(29(23(28)31)19-5-3-4-17(24)12-19)26-14-27(20)13-16-6-8-18(25)9-7-16/h3-9,12,14-15H,10-11,13H2,1-2H3. The Morgan fingerprint density at radius 3 is 2.52 bits per heavy atom. The Kier molecular flexibility index (Phi) is 5.78. The number of rotatable bonds is 6. The van der Waals surface area contributed by atoms with E-state index in [1.165, 1.54) is 27.6 Å². The molecule has 2 heterocycles. The second-order valence-corrected chi connectivity index (χ2v) is 8.34. The highest BCUT2D eigenvalue weighted by atomic mass is 35.5. The van der Waals surface area contributed by atoms with Crippen molar-refractivity contribution in [1.82, 2.24) is 18.7 Å². The van der Waals surface area contributed by atoms with Crippen LogP contribution in [0.5, 0.6) is 0 Å². The maximum atomic E-state index is 13.3. The third kappa shape index (κ3) is 4.18. The molecule has 0 amide bonds. The average Bonchev–Trinajstić information content (AvgIpc) is 3.13. The molecule has 2 aromatic carbocycles. The molecule has 2 aromatic heterocycles. The minimum atomic E-state index is -0.451. The molecule has 0 bridgehead atoms. The summed E-state index contributed by atoms with van der Waals surface area (Å²) in [6.45, 7) is 4.70. The molecule has 0 aliphatic heterocycles. The van der Waals surface area contributed by atoms with Crippen molar-refractivity contribution < 1.29 is 4.39 Å². The number of imidazole rings is 1. The van der Waals surface area contributed by atoms with Gasteiger partial charge >= 0.3 is 5.69 Å². The smallest absolute Gasteiger partial charge is 0.320 e. The van der Waals surface area contributed by atoms with Gasteiger partial charge in [0, 0.05) is 18.1 Å². The van der Waals surface area contributed by atoms with E-state index in [1.54, 1.807) is 41.0 Å². The van der Waals surface area contributed by atoms with Crippen molar-refractivity contribution in [2.45, 2.75) is 33.4 Å². The predicted octanol–water partition coefficient (Wildman–Crippen LogP) is 4.24. The first-order chi connectivity index (χ1) is 14.8. The summed E-state index contributed by atoms with van der Waals surface area (Å²) in [4.78, 5) is 31.1. The van der Waals surface area contributed by atoms with Crippen LogP contribution >= 0.6 is 11.6 Å². The van der Waals surface area contributed by atoms with Gasteiger partial charge in [-0.1, -0.05) is 43.6 Å². The van der Waals surface area contributed by atoms with Crippen LogP contribution in [0, 0.1) is 11.7 Å². The summed E-state index contributed by atoms with van der Waals surface area (Å²) in [5.74, 6) is -0.00387. The molecule has 160 valence electrons. The highest BCUT2D eigenvalue weighted by molar-refractivity contribution is 6.30. The van der Waals surface area contributed by atoms with Crippen molar-refractivity contribution in [3.05, 3.63) is 92.1 Å². The fourth-order valence-electron chi connectivity index (χ4n) is 3.52. The van der Waals surface area contributed by atoms with Crippen molar-refractivity contribution >= 4 is 22.8 Å². The van der Waals surface area contributed by atoms with E-state index in [9.17, 15) is 14.0 Å². The first-order valence-electron chi connectivity index (χ1n) is 10.1. The van der Waals surface area contributed by atoms with Crippen LogP contribution in [-0.2, 0) is 13.1 Å². The van der Waals surface area contributed by atoms with Crippen LogP contribution in [0.2, 0.25) is 5.02 Å². The van der Waals surface area contributed by atoms with Gasteiger partial charge in [0.2, 0.25) is 0 Å². The molecule has 0 aliphatic carbocycles. The highest BCUT2D eigenvalue weighted by Gasteiger charge is 2.19. The summed E-state index contributed by atoms with van der Waals surface area (Å²) in [6, 6.07) is 12.9. The van der Waals surface area contributed by atoms with Crippen LogP contribution in [0.25, 0.3) is 16.9 Å². The van der Waals surface area contributed by atoms with Crippen molar-refractivity contribution in [2.75, 3.05) is 0 Å². The number of benzene rings is 2. The molecular weight excluding hydrogens is 419 g/mol. The van der Waals surface area contributed by atoms with E-state index < -0.39 is 11.2 Å². The molecule has 0 saturated carbocycles. The maximum absolute atomic E-state index is 13.3. The number of aromatic nitrogens is 4. The average molecular weight is 441 g/mol. The van der Waals surface area contributed by atoms with Crippen molar-refractivity contribution in [3.63, 3.8) is 0 Å². The fraction of sp³-hybridized carbons (Fsp3) is 0.261. The van der Waals surface area contributed by atoms with E-state index >= 15 is 0 Å². The second kappa shape index (κ2) is 8.51. The molecule has 0 saturated heterocycles. The predicted molar refractivity (Wildman–Crippen MR) is 120 cm³/mol. The Morgan fingerprint density at radius 1 is 1.10 bits per heavy atom. The van der Waals surface area contributed by atoms with E-state index in [2.05, 4.69) is 4.98 Å². The fourth-order valence-corrected chi connectivity index (χ4v) is 3.70. The zero-order valence-corrected chi connectivity index (χ0v) is 18.0. The molecule has 0 radical (unpaired) electrons. The number of nitrogens with zero attached hydrogens (tertiary/aromatic N) is 4. The lowest BCUT2D eigenvalue weighted by Crippen LogP contribution is -2.40. The molecule has 4 rings (SSSR count). The Hall–Kier alpha value is -3.19. The number of fused-ring (bicyclic) bond motifs is 1. The molecule has 0 N–H and O–H groups in total. The topological polar surface area (TPSA) is 61.8 Å². The Morgan fingerprint density at radius 2 is 1.84 bits per heavy atom. The van der Waals surface area contributed by atoms with Crippen LogP contribution < -0.4 is 11.2 Å². The third-order valence-electron chi connectivity index (χ3n) is 5.16. The van der Waals surface area contributed by atoms with Gasteiger partial charge in [-0.2, -0.15) is 0 Å². The largest absolute Gasteiger partial charge is 0.337 e. The molecule has 0 unspecified atom stereocenters. The number of halogens is 2. The number of hydrogen-bond donors (Lipinski definition) is 0. The van der Waals surface area contributed by atoms with Crippen molar-refractivity contribution in [3.8, 4) is 5.69 Å². The van der Waals surface area contributed by atoms with Crippen LogP contribution in [0.3, 0.4) is 0 Å². The normalized spacial score (nSPS) is 11.5. The van der Waals surface area contributed by atoms with Gasteiger partial charge in [-0.05, 0) is 48.2 Å². The highest BCUT2D eigenvalue weighted by Crippen LogP contribution is 2.18. The van der Waals surface area contributed by atoms with Crippen LogP contribution in [-0.4, -0.2) is 18.7 Å². The van der Waals surface area contributed by atoms with Gasteiger partial charge in [-0.3, -0.25) is 9.36 Å². The summed E-state index contributed by atoms with van der Waals surface area (Å²) < 4.78 is 17.7. The summed E-state index contributed by atoms with van der Waals surface area (Å²) in [5.41, 5.74) is 1.08. The minimum Gasteiger partial charge on any atom is -0.320 e. The Labute approximate surface area is 183 Å². The van der Waals surface area contributed by atoms with E-state index in [-0.39, 0.29) is 11.5 Å². The summed E-state index contributed by atoms with van der Waals surface area (Å²) in [5, 5.41) is 0.475. The van der Waals surface area contributed by atoms with Gasteiger partial charge in [-0.25, -0.2) is 18.7 Å². The molecular formula is C23H22ClFN4O2. The van der Waals surface area contributed by atoms with Crippen LogP contribution in [0.1, 0.15) is 25.8 Å². The first-order valence-corrected chi connectivity index (χ1v) is 10.4. The van der Waals surface area contributed by atoms with Crippen LogP contribution in [0.4, 0.5) is 4.39 Å². The molecule has 31 heavy (non-hydrogen) atoms. The zero-order valence-electron chi connectivity index (χ0n) is 17.3. The number of hydrogen-bond acceptors (Lipinski definition) is 3. The van der Waals surface area contributed by atoms with Crippen molar-refractivity contribution in [2.24, 2.45) is 5.92 Å². The van der Waals surface area contributed by atoms with Gasteiger partial charge in [0.05, 0.1) is 12.0 Å². The second-order valence-electron chi connectivity index (χ2n) is 7.91. The molecule has 6 nitrogen and oxygen atoms in total. The lowest BCUT2D eigenvalue weighted by atomic mass is 10.1. The quantitative estimate of drug-likeness (QED) is 0.450. The Balaban J connectivity index is 1.95. The van der Waals surface area contributed by atoms with E-state index in [0.29, 0.717) is 41.7 Å². The van der Waals surface area contributed by atoms with Gasteiger partial charge in [0.15, 0.2) is 11.2 Å². The zero-order chi connectivity index (χ0) is 22.1. The molecule has 8 heteroatoms. The molecule has 0 atom stereocenters. The van der Waals surface area contributed by atoms with Crippen molar-refractivity contribution in [1.29, 1.82) is 0 Å². The van der Waals surface area contributed by atoms with Gasteiger partial charge in [-0.15, -0.1) is 0 Å². The van der Waals surface area contributed by atoms with E-state index in [1.807, 2.05) is 13.8 Å². The lowest BCUT2D eigenvalue weighted by Gasteiger charge is -2.14. The molecule has 4 aromatic rings. The first kappa shape index (κ1) is 21.1. The van der Waals surface area contributed by atoms with E-state index in [0.717, 1.165) is 5.56 Å². The summed E-state index contributed by atoms with van der Waals surface area (Å²) in [7, 11) is 0. The SMILES string of the molecule is CC(C)CCn1c(=O)c2c(ncn2Cc2ccc(F)cc2)n(-c2cccc(Cl)c2)c1=O. The molecule has 0 fully saturated rings. The Bertz CT molecular complexity index is 1350.